The van der Waals surface area contributed by atoms with Crippen LogP contribution in [0.4, 0.5) is 8.78 Å². The summed E-state index contributed by atoms with van der Waals surface area (Å²) in [7, 11) is 0. The van der Waals surface area contributed by atoms with Crippen molar-refractivity contribution in [2.45, 2.75) is 70.8 Å². The summed E-state index contributed by atoms with van der Waals surface area (Å²) in [5, 5.41) is 11.6. The number of fused-ring (bicyclic) bond motifs is 7. The standard InChI is InChI=1S/C29H37F2NO5/c1-16(33)37-14-25(36)28-15-32(12-17-4-5-17)13-18(28)8-20-21-10-23(30)22-9-19(34)6-7-26(22,2)29(21,31)24(35)11-27(20,28)3/h6-7,9,17-18,20-21,23-24,35H,4-5,8,10-15H2,1-3H3/t18-,20-,21-,23-,24-,26-,27-,28+,29-/m0/s1. The van der Waals surface area contributed by atoms with Gasteiger partial charge in [-0.05, 0) is 79.9 Å². The summed E-state index contributed by atoms with van der Waals surface area (Å²) >= 11 is 0. The van der Waals surface area contributed by atoms with Crippen LogP contribution in [0.2, 0.25) is 0 Å². The van der Waals surface area contributed by atoms with Crippen molar-refractivity contribution in [1.29, 1.82) is 0 Å². The molecule has 0 amide bonds. The summed E-state index contributed by atoms with van der Waals surface area (Å²) in [5.41, 5.74) is -5.16. The monoisotopic (exact) mass is 517 g/mol. The molecule has 0 radical (unpaired) electrons. The highest BCUT2D eigenvalue weighted by Gasteiger charge is 2.78. The number of Topliss-reactive ketones (excluding diaryl/α,β-unsaturated/α-hetero) is 1. The molecule has 9 atom stereocenters. The lowest BCUT2D eigenvalue weighted by Gasteiger charge is -2.63. The van der Waals surface area contributed by atoms with Gasteiger partial charge < -0.3 is 14.7 Å². The summed E-state index contributed by atoms with van der Waals surface area (Å²) in [6.07, 6.45) is 3.87. The molecule has 202 valence electrons. The van der Waals surface area contributed by atoms with E-state index in [1.807, 2.05) is 6.92 Å². The van der Waals surface area contributed by atoms with Gasteiger partial charge in [0.15, 0.2) is 23.8 Å². The molecule has 0 aromatic rings. The average molecular weight is 518 g/mol. The molecule has 0 spiro atoms. The van der Waals surface area contributed by atoms with Crippen molar-refractivity contribution in [3.63, 3.8) is 0 Å². The molecule has 6 nitrogen and oxygen atoms in total. The second-order valence-corrected chi connectivity index (χ2v) is 13.1. The van der Waals surface area contributed by atoms with Gasteiger partial charge in [0, 0.05) is 37.9 Å². The van der Waals surface area contributed by atoms with Gasteiger partial charge >= 0.3 is 5.97 Å². The van der Waals surface area contributed by atoms with E-state index < -0.39 is 46.1 Å². The van der Waals surface area contributed by atoms with Gasteiger partial charge in [-0.2, -0.15) is 0 Å². The van der Waals surface area contributed by atoms with Gasteiger partial charge in [0.2, 0.25) is 0 Å². The number of esters is 1. The molecular weight excluding hydrogens is 480 g/mol. The molecule has 1 aliphatic heterocycles. The van der Waals surface area contributed by atoms with Crippen molar-refractivity contribution < 1.29 is 33.0 Å². The topological polar surface area (TPSA) is 83.9 Å². The van der Waals surface area contributed by atoms with Gasteiger partial charge in [-0.15, -0.1) is 0 Å². The van der Waals surface area contributed by atoms with Crippen LogP contribution in [-0.4, -0.2) is 71.7 Å². The van der Waals surface area contributed by atoms with E-state index in [1.165, 1.54) is 38.0 Å². The summed E-state index contributed by atoms with van der Waals surface area (Å²) in [6.45, 7) is 6.62. The van der Waals surface area contributed by atoms with Crippen LogP contribution in [0.25, 0.3) is 0 Å². The van der Waals surface area contributed by atoms with E-state index in [0.717, 1.165) is 6.54 Å². The number of carbonyl (C=O) groups excluding carboxylic acids is 3. The maximum atomic E-state index is 17.5. The zero-order chi connectivity index (χ0) is 26.5. The van der Waals surface area contributed by atoms with Gasteiger partial charge in [-0.25, -0.2) is 8.78 Å². The van der Waals surface area contributed by atoms with Crippen LogP contribution in [0.1, 0.15) is 52.9 Å². The molecular formula is C29H37F2NO5. The fourth-order valence-electron chi connectivity index (χ4n) is 9.48. The number of carbonyl (C=O) groups is 3. The number of ether oxygens (including phenoxy) is 1. The van der Waals surface area contributed by atoms with Crippen LogP contribution >= 0.6 is 0 Å². The van der Waals surface area contributed by atoms with Gasteiger partial charge in [-0.3, -0.25) is 14.4 Å². The first kappa shape index (κ1) is 25.4. The Hall–Kier alpha value is -1.93. The highest BCUT2D eigenvalue weighted by atomic mass is 19.1. The number of hydrogen-bond acceptors (Lipinski definition) is 6. The number of hydrogen-bond donors (Lipinski definition) is 1. The van der Waals surface area contributed by atoms with Crippen LogP contribution in [0.5, 0.6) is 0 Å². The highest BCUT2D eigenvalue weighted by Crippen LogP contribution is 2.74. The number of aliphatic hydroxyl groups excluding tert-OH is 1. The molecule has 8 heteroatoms. The molecule has 0 aromatic heterocycles. The largest absolute Gasteiger partial charge is 0.458 e. The zero-order valence-electron chi connectivity index (χ0n) is 21.8. The molecule has 6 rings (SSSR count). The smallest absolute Gasteiger partial charge is 0.303 e. The van der Waals surface area contributed by atoms with Crippen LogP contribution in [0.15, 0.2) is 23.8 Å². The number of aliphatic hydroxyl groups is 1. The van der Waals surface area contributed by atoms with E-state index in [9.17, 15) is 19.5 Å². The minimum atomic E-state index is -2.16. The third-order valence-corrected chi connectivity index (χ3v) is 11.3. The van der Waals surface area contributed by atoms with E-state index >= 15 is 8.78 Å². The molecule has 0 aromatic carbocycles. The molecule has 6 aliphatic rings. The van der Waals surface area contributed by atoms with Crippen molar-refractivity contribution in [2.75, 3.05) is 26.2 Å². The first-order valence-electron chi connectivity index (χ1n) is 13.7. The minimum Gasteiger partial charge on any atom is -0.458 e. The van der Waals surface area contributed by atoms with E-state index in [4.69, 9.17) is 4.74 Å². The van der Waals surface area contributed by atoms with Gasteiger partial charge in [0.1, 0.15) is 6.17 Å². The van der Waals surface area contributed by atoms with Gasteiger partial charge in [0.05, 0.1) is 11.5 Å². The Morgan fingerprint density at radius 3 is 2.62 bits per heavy atom. The SMILES string of the molecule is CC(=O)OCC(=O)[C@@]12CN(CC3CC3)C[C@@H]1C[C@H]1[C@@H]3C[C@H](F)C4=CC(=O)C=C[C@]4(C)[C@@]3(F)[C@@H](O)C[C@@]12C. The van der Waals surface area contributed by atoms with Crippen LogP contribution in [-0.2, 0) is 19.1 Å². The summed E-state index contributed by atoms with van der Waals surface area (Å²) in [5.74, 6) is -1.64. The van der Waals surface area contributed by atoms with Crippen LogP contribution in [0, 0.1) is 39.9 Å². The third kappa shape index (κ3) is 3.24. The van der Waals surface area contributed by atoms with E-state index in [1.54, 1.807) is 6.92 Å². The molecule has 0 bridgehead atoms. The quantitative estimate of drug-likeness (QED) is 0.563. The molecule has 5 fully saturated rings. The molecule has 5 aliphatic carbocycles. The van der Waals surface area contributed by atoms with E-state index in [2.05, 4.69) is 4.90 Å². The molecule has 0 unspecified atom stereocenters. The van der Waals surface area contributed by atoms with Crippen molar-refractivity contribution >= 4 is 17.5 Å². The predicted octanol–water partition coefficient (Wildman–Crippen LogP) is 3.38. The second-order valence-electron chi connectivity index (χ2n) is 13.1. The Morgan fingerprint density at radius 2 is 1.95 bits per heavy atom. The lowest BCUT2D eigenvalue weighted by Crippen LogP contribution is -2.69. The molecule has 1 heterocycles. The Morgan fingerprint density at radius 1 is 1.22 bits per heavy atom. The fraction of sp³-hybridized carbons (Fsp3) is 0.759. The Balaban J connectivity index is 1.42. The number of halogens is 2. The first-order valence-corrected chi connectivity index (χ1v) is 13.7. The maximum absolute atomic E-state index is 17.5. The summed E-state index contributed by atoms with van der Waals surface area (Å²) in [6, 6.07) is 0. The average Bonchev–Trinajstić information content (AvgIpc) is 3.51. The Bertz CT molecular complexity index is 1120. The summed E-state index contributed by atoms with van der Waals surface area (Å²) < 4.78 is 38.4. The maximum Gasteiger partial charge on any atom is 0.303 e. The summed E-state index contributed by atoms with van der Waals surface area (Å²) in [4.78, 5) is 40.0. The molecule has 1 saturated heterocycles. The van der Waals surface area contributed by atoms with Crippen molar-refractivity contribution in [2.24, 2.45) is 39.9 Å². The first-order chi connectivity index (χ1) is 17.4. The highest BCUT2D eigenvalue weighted by molar-refractivity contribution is 6.01. The Labute approximate surface area is 216 Å². The lowest BCUT2D eigenvalue weighted by atomic mass is 9.43. The normalized spacial score (nSPS) is 48.5. The molecule has 1 N–H and O–H groups in total. The third-order valence-electron chi connectivity index (χ3n) is 11.3. The Kier molecular flexibility index (Phi) is 5.51. The number of nitrogens with zero attached hydrogens (tertiary/aromatic N) is 1. The van der Waals surface area contributed by atoms with Crippen LogP contribution in [0.3, 0.4) is 0 Å². The fourth-order valence-corrected chi connectivity index (χ4v) is 9.48. The zero-order valence-corrected chi connectivity index (χ0v) is 21.8. The van der Waals surface area contributed by atoms with Crippen LogP contribution < -0.4 is 0 Å². The predicted molar refractivity (Wildman–Crippen MR) is 131 cm³/mol. The van der Waals surface area contributed by atoms with Gasteiger partial charge in [-0.1, -0.05) is 13.0 Å². The number of alkyl halides is 2. The number of likely N-dealkylation sites (tertiary alicyclic amines) is 1. The number of ketones is 2. The molecule has 37 heavy (non-hydrogen) atoms. The minimum absolute atomic E-state index is 0.0614. The lowest BCUT2D eigenvalue weighted by molar-refractivity contribution is -0.212. The van der Waals surface area contributed by atoms with Crippen molar-refractivity contribution in [3.05, 3.63) is 23.8 Å². The molecule has 4 saturated carbocycles. The van der Waals surface area contributed by atoms with Crippen molar-refractivity contribution in [1.82, 2.24) is 4.90 Å². The van der Waals surface area contributed by atoms with Crippen molar-refractivity contribution in [3.8, 4) is 0 Å². The number of allylic oxidation sites excluding steroid dienone is 4. The van der Waals surface area contributed by atoms with E-state index in [0.29, 0.717) is 25.4 Å². The van der Waals surface area contributed by atoms with Gasteiger partial charge in [0.25, 0.3) is 0 Å². The second kappa shape index (κ2) is 8.04. The van der Waals surface area contributed by atoms with E-state index in [-0.39, 0.29) is 48.4 Å². The number of rotatable bonds is 5.